The summed E-state index contributed by atoms with van der Waals surface area (Å²) in [7, 11) is -2.75. The highest BCUT2D eigenvalue weighted by Crippen LogP contribution is 2.43. The van der Waals surface area contributed by atoms with Crippen molar-refractivity contribution in [2.45, 2.75) is 71.0 Å². The first-order chi connectivity index (χ1) is 19.4. The molecule has 1 heterocycles. The minimum atomic E-state index is -4.08. The summed E-state index contributed by atoms with van der Waals surface area (Å²) < 4.78 is 42.3. The Balaban J connectivity index is 1.77. The van der Waals surface area contributed by atoms with Crippen molar-refractivity contribution in [3.8, 4) is 5.75 Å². The molecule has 41 heavy (non-hydrogen) atoms. The number of sulfonamides is 1. The average Bonchev–Trinajstić information content (AvgIpc) is 3.28. The van der Waals surface area contributed by atoms with Crippen LogP contribution in [0, 0.1) is 20.8 Å². The summed E-state index contributed by atoms with van der Waals surface area (Å²) in [4.78, 5) is 18.9. The molecule has 0 amide bonds. The Morgan fingerprint density at radius 3 is 2.20 bits per heavy atom. The highest BCUT2D eigenvalue weighted by Gasteiger charge is 2.37. The van der Waals surface area contributed by atoms with Crippen LogP contribution in [-0.4, -0.2) is 44.5 Å². The summed E-state index contributed by atoms with van der Waals surface area (Å²) in [6, 6.07) is 19.3. The predicted molar refractivity (Wildman–Crippen MR) is 160 cm³/mol. The number of guanidine groups is 1. The summed E-state index contributed by atoms with van der Waals surface area (Å²) in [5, 5.41) is 0. The van der Waals surface area contributed by atoms with Crippen molar-refractivity contribution in [2.75, 3.05) is 13.7 Å². The highest BCUT2D eigenvalue weighted by molar-refractivity contribution is 7.90. The first kappa shape index (κ1) is 30.1. The summed E-state index contributed by atoms with van der Waals surface area (Å²) in [5.41, 5.74) is 4.49. The van der Waals surface area contributed by atoms with Gasteiger partial charge in [0.2, 0.25) is 5.96 Å². The zero-order chi connectivity index (χ0) is 29.8. The van der Waals surface area contributed by atoms with Crippen LogP contribution in [-0.2, 0) is 39.1 Å². The highest BCUT2D eigenvalue weighted by atomic mass is 32.2. The van der Waals surface area contributed by atoms with Gasteiger partial charge < -0.3 is 14.4 Å². The quantitative estimate of drug-likeness (QED) is 0.213. The van der Waals surface area contributed by atoms with Crippen LogP contribution in [0.25, 0.3) is 0 Å². The van der Waals surface area contributed by atoms with E-state index in [1.165, 1.54) is 7.11 Å². The van der Waals surface area contributed by atoms with Gasteiger partial charge in [0, 0.05) is 25.1 Å². The van der Waals surface area contributed by atoms with Crippen molar-refractivity contribution in [2.24, 2.45) is 4.99 Å². The fourth-order valence-electron chi connectivity index (χ4n) is 5.16. The van der Waals surface area contributed by atoms with Crippen LogP contribution in [0.1, 0.15) is 53.6 Å². The first-order valence-corrected chi connectivity index (χ1v) is 15.2. The molecule has 218 valence electrons. The molecule has 0 bridgehead atoms. The summed E-state index contributed by atoms with van der Waals surface area (Å²) in [6.07, 6.45) is 0.684. The van der Waals surface area contributed by atoms with Gasteiger partial charge in [0.15, 0.2) is 0 Å². The van der Waals surface area contributed by atoms with E-state index in [0.717, 1.165) is 28.0 Å². The van der Waals surface area contributed by atoms with E-state index in [-0.39, 0.29) is 30.4 Å². The van der Waals surface area contributed by atoms with Crippen molar-refractivity contribution >= 4 is 22.0 Å². The number of ether oxygens (including phenoxy) is 2. The minimum Gasteiger partial charge on any atom is -0.487 e. The number of hydrogen-bond acceptors (Lipinski definition) is 6. The van der Waals surface area contributed by atoms with Gasteiger partial charge in [0.25, 0.3) is 10.0 Å². The molecule has 0 spiro atoms. The lowest BCUT2D eigenvalue weighted by atomic mass is 9.94. The molecule has 0 aliphatic carbocycles. The van der Waals surface area contributed by atoms with Crippen molar-refractivity contribution in [3.63, 3.8) is 0 Å². The van der Waals surface area contributed by atoms with E-state index in [4.69, 9.17) is 14.5 Å². The zero-order valence-electron chi connectivity index (χ0n) is 24.7. The maximum absolute atomic E-state index is 14.2. The standard InChI is InChI=1S/C32H39N3O5S/c1-22-23(2)30(24(3)27-19-32(4,5)40-29(22)27)41(37,38)34-31(33-20-25-13-9-7-10-14-25)35(18-17-28(36)39-6)21-26-15-11-8-12-16-26/h7-16H,17-21H2,1-6H3,(H,33,34). The van der Waals surface area contributed by atoms with E-state index in [2.05, 4.69) is 4.72 Å². The second-order valence-corrected chi connectivity index (χ2v) is 12.6. The lowest BCUT2D eigenvalue weighted by Gasteiger charge is -2.27. The Kier molecular flexibility index (Phi) is 9.07. The van der Waals surface area contributed by atoms with E-state index in [0.29, 0.717) is 24.1 Å². The van der Waals surface area contributed by atoms with Crippen LogP contribution in [0.2, 0.25) is 0 Å². The second kappa shape index (κ2) is 12.3. The van der Waals surface area contributed by atoms with Gasteiger partial charge in [-0.05, 0) is 62.4 Å². The Bertz CT molecular complexity index is 1530. The number of carbonyl (C=O) groups is 1. The van der Waals surface area contributed by atoms with Crippen molar-refractivity contribution in [1.29, 1.82) is 0 Å². The second-order valence-electron chi connectivity index (χ2n) is 11.0. The van der Waals surface area contributed by atoms with E-state index in [9.17, 15) is 13.2 Å². The summed E-state index contributed by atoms with van der Waals surface area (Å²) in [6.45, 7) is 10.4. The SMILES string of the molecule is COC(=O)CCN(Cc1ccccc1)C(=NCc1ccccc1)NS(=O)(=O)c1c(C)c(C)c2c(c1C)CC(C)(C)O2. The number of carbonyl (C=O) groups excluding carboxylic acids is 1. The van der Waals surface area contributed by atoms with Crippen LogP contribution in [0.3, 0.4) is 0 Å². The Morgan fingerprint density at radius 1 is 0.976 bits per heavy atom. The molecule has 0 radical (unpaired) electrons. The molecule has 9 heteroatoms. The van der Waals surface area contributed by atoms with Gasteiger partial charge in [-0.2, -0.15) is 0 Å². The summed E-state index contributed by atoms with van der Waals surface area (Å²) >= 11 is 0. The number of rotatable bonds is 9. The molecular weight excluding hydrogens is 538 g/mol. The maximum Gasteiger partial charge on any atom is 0.307 e. The van der Waals surface area contributed by atoms with Crippen LogP contribution < -0.4 is 9.46 Å². The molecule has 1 aliphatic rings. The fraction of sp³-hybridized carbons (Fsp3) is 0.375. The van der Waals surface area contributed by atoms with Gasteiger partial charge in [0.05, 0.1) is 25.0 Å². The monoisotopic (exact) mass is 577 g/mol. The van der Waals surface area contributed by atoms with Crippen LogP contribution in [0.15, 0.2) is 70.6 Å². The smallest absolute Gasteiger partial charge is 0.307 e. The maximum atomic E-state index is 14.2. The molecule has 0 atom stereocenters. The van der Waals surface area contributed by atoms with E-state index < -0.39 is 21.6 Å². The number of hydrogen-bond donors (Lipinski definition) is 1. The Labute approximate surface area is 243 Å². The van der Waals surface area contributed by atoms with Crippen molar-refractivity contribution < 1.29 is 22.7 Å². The van der Waals surface area contributed by atoms with Gasteiger partial charge in [-0.3, -0.25) is 4.79 Å². The normalized spacial score (nSPS) is 14.2. The van der Waals surface area contributed by atoms with Crippen molar-refractivity contribution in [3.05, 3.63) is 94.0 Å². The summed E-state index contributed by atoms with van der Waals surface area (Å²) in [5.74, 6) is 0.540. The molecule has 0 fully saturated rings. The lowest BCUT2D eigenvalue weighted by Crippen LogP contribution is -2.45. The van der Waals surface area contributed by atoms with Crippen LogP contribution in [0.4, 0.5) is 0 Å². The largest absolute Gasteiger partial charge is 0.487 e. The van der Waals surface area contributed by atoms with Gasteiger partial charge in [0.1, 0.15) is 11.4 Å². The molecule has 1 N–H and O–H groups in total. The predicted octanol–water partition coefficient (Wildman–Crippen LogP) is 5.23. The third-order valence-corrected chi connectivity index (χ3v) is 8.97. The van der Waals surface area contributed by atoms with Crippen LogP contribution in [0.5, 0.6) is 5.75 Å². The number of fused-ring (bicyclic) bond motifs is 1. The number of nitrogens with zero attached hydrogens (tertiary/aromatic N) is 2. The number of methoxy groups -OCH3 is 1. The number of esters is 1. The molecule has 0 aromatic heterocycles. The first-order valence-electron chi connectivity index (χ1n) is 13.7. The van der Waals surface area contributed by atoms with Crippen LogP contribution >= 0.6 is 0 Å². The molecule has 8 nitrogen and oxygen atoms in total. The fourth-order valence-corrected chi connectivity index (χ4v) is 6.78. The van der Waals surface area contributed by atoms with Crippen molar-refractivity contribution in [1.82, 2.24) is 9.62 Å². The third-order valence-electron chi connectivity index (χ3n) is 7.37. The van der Waals surface area contributed by atoms with E-state index >= 15 is 0 Å². The molecule has 0 saturated heterocycles. The molecule has 0 unspecified atom stereocenters. The topological polar surface area (TPSA) is 97.3 Å². The Hall–Kier alpha value is -3.85. The molecular formula is C32H39N3O5S. The average molecular weight is 578 g/mol. The molecule has 1 aliphatic heterocycles. The molecule has 4 rings (SSSR count). The van der Waals surface area contributed by atoms with Gasteiger partial charge >= 0.3 is 5.97 Å². The van der Waals surface area contributed by atoms with E-state index in [1.807, 2.05) is 95.3 Å². The lowest BCUT2D eigenvalue weighted by molar-refractivity contribution is -0.140. The third kappa shape index (κ3) is 7.08. The Morgan fingerprint density at radius 2 is 1.59 bits per heavy atom. The minimum absolute atomic E-state index is 0.0673. The van der Waals surface area contributed by atoms with E-state index in [1.54, 1.807) is 4.90 Å². The van der Waals surface area contributed by atoms with Gasteiger partial charge in [-0.25, -0.2) is 18.1 Å². The zero-order valence-corrected chi connectivity index (χ0v) is 25.5. The molecule has 3 aromatic carbocycles. The molecule has 0 saturated carbocycles. The number of benzene rings is 3. The number of nitrogens with one attached hydrogen (secondary N) is 1. The number of aliphatic imine (C=N–C) groups is 1. The molecule has 3 aromatic rings. The van der Waals surface area contributed by atoms with Gasteiger partial charge in [-0.15, -0.1) is 0 Å². The van der Waals surface area contributed by atoms with Gasteiger partial charge in [-0.1, -0.05) is 60.7 Å².